The van der Waals surface area contributed by atoms with Crippen molar-refractivity contribution in [3.8, 4) is 11.1 Å². The highest BCUT2D eigenvalue weighted by atomic mass is 16.3. The van der Waals surface area contributed by atoms with Crippen LogP contribution in [0.5, 0.6) is 0 Å². The number of benzene rings is 2. The van der Waals surface area contributed by atoms with Crippen molar-refractivity contribution >= 4 is 0 Å². The molecule has 2 aromatic carbocycles. The SMILES string of the molecule is OC(c1ccc(-c2ccccc2)cc1)C1CCNCC1. The molecule has 0 saturated carbocycles. The fourth-order valence-corrected chi connectivity index (χ4v) is 2.94. The maximum Gasteiger partial charge on any atom is 0.0819 e. The Balaban J connectivity index is 1.75. The molecule has 104 valence electrons. The Hall–Kier alpha value is -1.64. The van der Waals surface area contributed by atoms with Gasteiger partial charge in [0.05, 0.1) is 6.10 Å². The fraction of sp³-hybridized carbons (Fsp3) is 0.333. The molecule has 20 heavy (non-hydrogen) atoms. The average molecular weight is 267 g/mol. The minimum absolute atomic E-state index is 0.332. The Labute approximate surface area is 120 Å². The highest BCUT2D eigenvalue weighted by Gasteiger charge is 2.22. The molecule has 0 amide bonds. The van der Waals surface area contributed by atoms with Crippen molar-refractivity contribution in [1.29, 1.82) is 0 Å². The van der Waals surface area contributed by atoms with Crippen LogP contribution >= 0.6 is 0 Å². The van der Waals surface area contributed by atoms with E-state index in [4.69, 9.17) is 0 Å². The van der Waals surface area contributed by atoms with Crippen LogP contribution < -0.4 is 5.32 Å². The van der Waals surface area contributed by atoms with Gasteiger partial charge < -0.3 is 10.4 Å². The molecular formula is C18H21NO. The van der Waals surface area contributed by atoms with Crippen LogP contribution in [0.2, 0.25) is 0 Å². The summed E-state index contributed by atoms with van der Waals surface area (Å²) in [6.07, 6.45) is 1.78. The van der Waals surface area contributed by atoms with Crippen LogP contribution in [0, 0.1) is 5.92 Å². The molecule has 2 N–H and O–H groups in total. The maximum atomic E-state index is 10.5. The smallest absolute Gasteiger partial charge is 0.0819 e. The van der Waals surface area contributed by atoms with Crippen LogP contribution in [0.15, 0.2) is 54.6 Å². The normalized spacial score (nSPS) is 17.9. The third-order valence-electron chi connectivity index (χ3n) is 4.19. The summed E-state index contributed by atoms with van der Waals surface area (Å²) in [4.78, 5) is 0. The molecule has 1 fully saturated rings. The van der Waals surface area contributed by atoms with Crippen molar-refractivity contribution < 1.29 is 5.11 Å². The summed E-state index contributed by atoms with van der Waals surface area (Å²) in [7, 11) is 0. The van der Waals surface area contributed by atoms with Gasteiger partial charge in [-0.25, -0.2) is 0 Å². The Morgan fingerprint density at radius 3 is 2.10 bits per heavy atom. The zero-order chi connectivity index (χ0) is 13.8. The molecule has 0 aromatic heterocycles. The van der Waals surface area contributed by atoms with Crippen LogP contribution in [0.4, 0.5) is 0 Å². The Morgan fingerprint density at radius 2 is 1.45 bits per heavy atom. The van der Waals surface area contributed by atoms with Gasteiger partial charge in [-0.2, -0.15) is 0 Å². The summed E-state index contributed by atoms with van der Waals surface area (Å²) in [6, 6.07) is 18.7. The van der Waals surface area contributed by atoms with Gasteiger partial charge in [-0.1, -0.05) is 54.6 Å². The number of aliphatic hydroxyl groups excluding tert-OH is 1. The van der Waals surface area contributed by atoms with Gasteiger partial charge in [0.2, 0.25) is 0 Å². The monoisotopic (exact) mass is 267 g/mol. The van der Waals surface area contributed by atoms with Crippen molar-refractivity contribution in [3.05, 3.63) is 60.2 Å². The molecule has 1 heterocycles. The molecule has 1 aliphatic rings. The molecule has 3 rings (SSSR count). The first kappa shape index (κ1) is 13.3. The van der Waals surface area contributed by atoms with Crippen LogP contribution in [-0.2, 0) is 0 Å². The van der Waals surface area contributed by atoms with Gasteiger partial charge in [-0.05, 0) is 48.5 Å². The maximum absolute atomic E-state index is 10.5. The largest absolute Gasteiger partial charge is 0.388 e. The van der Waals surface area contributed by atoms with E-state index in [0.29, 0.717) is 5.92 Å². The molecule has 0 radical (unpaired) electrons. The highest BCUT2D eigenvalue weighted by Crippen LogP contribution is 2.30. The molecule has 1 atom stereocenters. The predicted molar refractivity (Wildman–Crippen MR) is 82.4 cm³/mol. The van der Waals surface area contributed by atoms with E-state index in [1.165, 1.54) is 11.1 Å². The third-order valence-corrected chi connectivity index (χ3v) is 4.19. The standard InChI is InChI=1S/C18H21NO/c20-18(17-10-12-19-13-11-17)16-8-6-15(7-9-16)14-4-2-1-3-5-14/h1-9,17-20H,10-13H2. The molecule has 2 aromatic rings. The number of nitrogens with one attached hydrogen (secondary N) is 1. The number of piperidine rings is 1. The lowest BCUT2D eigenvalue weighted by molar-refractivity contribution is 0.0889. The van der Waals surface area contributed by atoms with E-state index in [-0.39, 0.29) is 6.10 Å². The zero-order valence-electron chi connectivity index (χ0n) is 11.6. The first-order valence-corrected chi connectivity index (χ1v) is 7.39. The summed E-state index contributed by atoms with van der Waals surface area (Å²) in [5.41, 5.74) is 3.46. The van der Waals surface area contributed by atoms with Crippen molar-refractivity contribution in [2.45, 2.75) is 18.9 Å². The van der Waals surface area contributed by atoms with E-state index in [9.17, 15) is 5.11 Å². The Morgan fingerprint density at radius 1 is 0.850 bits per heavy atom. The quantitative estimate of drug-likeness (QED) is 0.893. The Bertz CT molecular complexity index is 529. The van der Waals surface area contributed by atoms with E-state index in [1.54, 1.807) is 0 Å². The minimum atomic E-state index is -0.332. The Kier molecular flexibility index (Phi) is 4.14. The van der Waals surface area contributed by atoms with E-state index >= 15 is 0 Å². The summed E-state index contributed by atoms with van der Waals surface area (Å²) in [6.45, 7) is 2.04. The van der Waals surface area contributed by atoms with Crippen molar-refractivity contribution in [3.63, 3.8) is 0 Å². The lowest BCUT2D eigenvalue weighted by Crippen LogP contribution is -2.30. The van der Waals surface area contributed by atoms with E-state index in [0.717, 1.165) is 31.5 Å². The van der Waals surface area contributed by atoms with Gasteiger partial charge in [0.15, 0.2) is 0 Å². The lowest BCUT2D eigenvalue weighted by Gasteiger charge is -2.27. The molecular weight excluding hydrogens is 246 g/mol. The first-order chi connectivity index (χ1) is 9.84. The topological polar surface area (TPSA) is 32.3 Å². The van der Waals surface area contributed by atoms with Crippen LogP contribution in [0.1, 0.15) is 24.5 Å². The molecule has 1 unspecified atom stereocenters. The van der Waals surface area contributed by atoms with Gasteiger partial charge in [0.1, 0.15) is 0 Å². The molecule has 2 nitrogen and oxygen atoms in total. The van der Waals surface area contributed by atoms with Crippen LogP contribution in [-0.4, -0.2) is 18.2 Å². The summed E-state index contributed by atoms with van der Waals surface area (Å²) in [5.74, 6) is 0.388. The predicted octanol–water partition coefficient (Wildman–Crippen LogP) is 3.39. The van der Waals surface area contributed by atoms with Crippen LogP contribution in [0.3, 0.4) is 0 Å². The van der Waals surface area contributed by atoms with Crippen molar-refractivity contribution in [2.24, 2.45) is 5.92 Å². The minimum Gasteiger partial charge on any atom is -0.388 e. The lowest BCUT2D eigenvalue weighted by atomic mass is 9.87. The molecule has 0 spiro atoms. The van der Waals surface area contributed by atoms with Gasteiger partial charge in [0.25, 0.3) is 0 Å². The van der Waals surface area contributed by atoms with Crippen LogP contribution in [0.25, 0.3) is 11.1 Å². The van der Waals surface area contributed by atoms with Gasteiger partial charge in [-0.15, -0.1) is 0 Å². The van der Waals surface area contributed by atoms with Crippen molar-refractivity contribution in [1.82, 2.24) is 5.32 Å². The average Bonchev–Trinajstić information content (AvgIpc) is 2.56. The molecule has 0 aliphatic carbocycles. The van der Waals surface area contributed by atoms with E-state index in [2.05, 4.69) is 41.7 Å². The molecule has 1 aliphatic heterocycles. The molecule has 1 saturated heterocycles. The fourth-order valence-electron chi connectivity index (χ4n) is 2.94. The van der Waals surface area contributed by atoms with Gasteiger partial charge >= 0.3 is 0 Å². The summed E-state index contributed by atoms with van der Waals surface area (Å²) in [5, 5.41) is 13.8. The summed E-state index contributed by atoms with van der Waals surface area (Å²) < 4.78 is 0. The first-order valence-electron chi connectivity index (χ1n) is 7.39. The second-order valence-electron chi connectivity index (χ2n) is 5.52. The van der Waals surface area contributed by atoms with E-state index < -0.39 is 0 Å². The molecule has 2 heteroatoms. The zero-order valence-corrected chi connectivity index (χ0v) is 11.6. The second kappa shape index (κ2) is 6.21. The third kappa shape index (κ3) is 2.92. The van der Waals surface area contributed by atoms with Gasteiger partial charge in [-0.3, -0.25) is 0 Å². The number of aliphatic hydroxyl groups is 1. The van der Waals surface area contributed by atoms with Gasteiger partial charge in [0, 0.05) is 0 Å². The van der Waals surface area contributed by atoms with Crippen molar-refractivity contribution in [2.75, 3.05) is 13.1 Å². The summed E-state index contributed by atoms with van der Waals surface area (Å²) >= 11 is 0. The number of hydrogen-bond donors (Lipinski definition) is 2. The number of rotatable bonds is 3. The number of hydrogen-bond acceptors (Lipinski definition) is 2. The highest BCUT2D eigenvalue weighted by molar-refractivity contribution is 5.63. The second-order valence-corrected chi connectivity index (χ2v) is 5.52. The molecule has 0 bridgehead atoms. The van der Waals surface area contributed by atoms with E-state index in [1.807, 2.05) is 18.2 Å².